The summed E-state index contributed by atoms with van der Waals surface area (Å²) in [6.07, 6.45) is 0. The van der Waals surface area contributed by atoms with Crippen LogP contribution in [0.25, 0.3) is 0 Å². The highest BCUT2D eigenvalue weighted by Crippen LogP contribution is 2.24. The quantitative estimate of drug-likeness (QED) is 0.869. The molecule has 1 aromatic carbocycles. The number of nitrogen functional groups attached to an aromatic ring is 1. The number of anilines is 1. The van der Waals surface area contributed by atoms with Gasteiger partial charge in [-0.05, 0) is 43.7 Å². The third-order valence-electron chi connectivity index (χ3n) is 3.14. The average Bonchev–Trinajstić information content (AvgIpc) is 2.83. The van der Waals surface area contributed by atoms with Gasteiger partial charge in [0.25, 0.3) is 5.91 Å². The summed E-state index contributed by atoms with van der Waals surface area (Å²) in [6.45, 7) is 5.10. The van der Waals surface area contributed by atoms with E-state index in [2.05, 4.69) is 0 Å². The van der Waals surface area contributed by atoms with E-state index in [0.29, 0.717) is 24.3 Å². The van der Waals surface area contributed by atoms with Crippen LogP contribution in [0.1, 0.15) is 27.7 Å². The number of benzene rings is 1. The van der Waals surface area contributed by atoms with Gasteiger partial charge >= 0.3 is 0 Å². The zero-order chi connectivity index (χ0) is 14.7. The molecule has 3 nitrogen and oxygen atoms in total. The Labute approximate surface area is 128 Å². The van der Waals surface area contributed by atoms with Gasteiger partial charge in [-0.25, -0.2) is 0 Å². The van der Waals surface area contributed by atoms with E-state index in [1.54, 1.807) is 17.0 Å². The molecule has 0 spiro atoms. The second-order valence-corrected chi connectivity index (χ2v) is 6.40. The molecule has 0 fully saturated rings. The van der Waals surface area contributed by atoms with Gasteiger partial charge in [0.15, 0.2) is 0 Å². The van der Waals surface area contributed by atoms with Crippen molar-refractivity contribution in [3.8, 4) is 0 Å². The molecule has 20 heavy (non-hydrogen) atoms. The first-order valence-corrected chi connectivity index (χ1v) is 7.60. The Kier molecular flexibility index (Phi) is 4.68. The van der Waals surface area contributed by atoms with E-state index in [1.165, 1.54) is 11.3 Å². The Morgan fingerprint density at radius 3 is 2.70 bits per heavy atom. The van der Waals surface area contributed by atoms with Crippen LogP contribution in [0.2, 0.25) is 4.34 Å². The summed E-state index contributed by atoms with van der Waals surface area (Å²) >= 11 is 7.43. The Bertz CT molecular complexity index is 624. The summed E-state index contributed by atoms with van der Waals surface area (Å²) in [5, 5.41) is 0. The van der Waals surface area contributed by atoms with Crippen molar-refractivity contribution in [2.45, 2.75) is 20.4 Å². The van der Waals surface area contributed by atoms with E-state index in [0.717, 1.165) is 14.8 Å². The lowest BCUT2D eigenvalue weighted by molar-refractivity contribution is 0.0753. The second-order valence-electron chi connectivity index (χ2n) is 4.60. The van der Waals surface area contributed by atoms with E-state index < -0.39 is 0 Å². The van der Waals surface area contributed by atoms with Crippen molar-refractivity contribution in [1.29, 1.82) is 0 Å². The van der Waals surface area contributed by atoms with Crippen molar-refractivity contribution in [2.24, 2.45) is 0 Å². The Hall–Kier alpha value is -1.52. The molecule has 5 heteroatoms. The van der Waals surface area contributed by atoms with Gasteiger partial charge in [0.1, 0.15) is 0 Å². The number of halogens is 1. The summed E-state index contributed by atoms with van der Waals surface area (Å²) in [4.78, 5) is 15.5. The molecular weight excluding hydrogens is 292 g/mol. The monoisotopic (exact) mass is 308 g/mol. The van der Waals surface area contributed by atoms with Crippen LogP contribution in [0.15, 0.2) is 30.3 Å². The lowest BCUT2D eigenvalue weighted by Crippen LogP contribution is -2.30. The predicted molar refractivity (Wildman–Crippen MR) is 85.3 cm³/mol. The summed E-state index contributed by atoms with van der Waals surface area (Å²) in [5.41, 5.74) is 7.98. The molecule has 0 saturated heterocycles. The first-order chi connectivity index (χ1) is 9.51. The minimum atomic E-state index is 0.00169. The molecule has 0 aliphatic rings. The molecule has 0 saturated carbocycles. The third-order valence-corrected chi connectivity index (χ3v) is 4.35. The lowest BCUT2D eigenvalue weighted by atomic mass is 10.1. The zero-order valence-corrected chi connectivity index (χ0v) is 13.1. The largest absolute Gasteiger partial charge is 0.399 e. The number of rotatable bonds is 4. The Balaban J connectivity index is 2.22. The molecule has 0 aliphatic heterocycles. The van der Waals surface area contributed by atoms with Crippen molar-refractivity contribution in [3.05, 3.63) is 50.7 Å². The fourth-order valence-electron chi connectivity index (χ4n) is 1.99. The SMILES string of the molecule is CCN(Cc1ccc(Cl)s1)C(=O)c1cc(N)ccc1C. The van der Waals surface area contributed by atoms with E-state index in [9.17, 15) is 4.79 Å². The molecule has 0 radical (unpaired) electrons. The molecule has 0 unspecified atom stereocenters. The number of nitrogens with zero attached hydrogens (tertiary/aromatic N) is 1. The van der Waals surface area contributed by atoms with Crippen LogP contribution in [-0.4, -0.2) is 17.4 Å². The Morgan fingerprint density at radius 2 is 2.10 bits per heavy atom. The normalized spacial score (nSPS) is 10.6. The standard InChI is InChI=1S/C15H17ClN2OS/c1-3-18(9-12-6-7-14(16)20-12)15(19)13-8-11(17)5-4-10(13)2/h4-8H,3,9,17H2,1-2H3. The van der Waals surface area contributed by atoms with Crippen molar-refractivity contribution < 1.29 is 4.79 Å². The molecule has 2 rings (SSSR count). The lowest BCUT2D eigenvalue weighted by Gasteiger charge is -2.21. The van der Waals surface area contributed by atoms with Crippen LogP contribution in [-0.2, 0) is 6.54 Å². The molecule has 0 bridgehead atoms. The van der Waals surface area contributed by atoms with Gasteiger partial charge in [-0.2, -0.15) is 0 Å². The van der Waals surface area contributed by atoms with Crippen molar-refractivity contribution >= 4 is 34.5 Å². The minimum absolute atomic E-state index is 0.00169. The van der Waals surface area contributed by atoms with Crippen LogP contribution in [0, 0.1) is 6.92 Å². The Morgan fingerprint density at radius 1 is 1.35 bits per heavy atom. The van der Waals surface area contributed by atoms with E-state index >= 15 is 0 Å². The highest BCUT2D eigenvalue weighted by Gasteiger charge is 2.17. The number of aryl methyl sites for hydroxylation is 1. The summed E-state index contributed by atoms with van der Waals surface area (Å²) in [6, 6.07) is 9.22. The van der Waals surface area contributed by atoms with Crippen molar-refractivity contribution in [3.63, 3.8) is 0 Å². The fraction of sp³-hybridized carbons (Fsp3) is 0.267. The van der Waals surface area contributed by atoms with Gasteiger partial charge in [-0.3, -0.25) is 4.79 Å². The van der Waals surface area contributed by atoms with Crippen LogP contribution in [0.3, 0.4) is 0 Å². The molecule has 2 N–H and O–H groups in total. The summed E-state index contributed by atoms with van der Waals surface area (Å²) < 4.78 is 0.739. The van der Waals surface area contributed by atoms with Gasteiger partial charge in [-0.1, -0.05) is 17.7 Å². The van der Waals surface area contributed by atoms with Crippen LogP contribution >= 0.6 is 22.9 Å². The van der Waals surface area contributed by atoms with E-state index in [1.807, 2.05) is 32.0 Å². The first-order valence-electron chi connectivity index (χ1n) is 6.41. The van der Waals surface area contributed by atoms with Crippen LogP contribution < -0.4 is 5.73 Å². The molecule has 1 heterocycles. The average molecular weight is 309 g/mol. The van der Waals surface area contributed by atoms with Crippen molar-refractivity contribution in [1.82, 2.24) is 4.90 Å². The fourth-order valence-corrected chi connectivity index (χ4v) is 3.10. The molecular formula is C15H17ClN2OS. The third kappa shape index (κ3) is 3.32. The number of amides is 1. The number of hydrogen-bond donors (Lipinski definition) is 1. The number of carbonyl (C=O) groups is 1. The molecule has 2 aromatic rings. The minimum Gasteiger partial charge on any atom is -0.399 e. The highest BCUT2D eigenvalue weighted by molar-refractivity contribution is 7.16. The number of thiophene rings is 1. The van der Waals surface area contributed by atoms with Crippen molar-refractivity contribution in [2.75, 3.05) is 12.3 Å². The van der Waals surface area contributed by atoms with E-state index in [4.69, 9.17) is 17.3 Å². The topological polar surface area (TPSA) is 46.3 Å². The maximum Gasteiger partial charge on any atom is 0.254 e. The summed E-state index contributed by atoms with van der Waals surface area (Å²) in [7, 11) is 0. The van der Waals surface area contributed by atoms with E-state index in [-0.39, 0.29) is 5.91 Å². The second kappa shape index (κ2) is 6.29. The van der Waals surface area contributed by atoms with Gasteiger partial charge in [0.05, 0.1) is 10.9 Å². The molecule has 106 valence electrons. The number of hydrogen-bond acceptors (Lipinski definition) is 3. The molecule has 0 aliphatic carbocycles. The zero-order valence-electron chi connectivity index (χ0n) is 11.5. The number of nitrogens with two attached hydrogens (primary N) is 1. The summed E-state index contributed by atoms with van der Waals surface area (Å²) in [5.74, 6) is 0.00169. The molecule has 1 amide bonds. The van der Waals surface area contributed by atoms with Gasteiger partial charge in [-0.15, -0.1) is 11.3 Å². The maximum absolute atomic E-state index is 12.6. The number of carbonyl (C=O) groups excluding carboxylic acids is 1. The first kappa shape index (κ1) is 14.9. The van der Waals surface area contributed by atoms with Gasteiger partial charge < -0.3 is 10.6 Å². The van der Waals surface area contributed by atoms with Crippen LogP contribution in [0.5, 0.6) is 0 Å². The van der Waals surface area contributed by atoms with Gasteiger partial charge in [0, 0.05) is 22.7 Å². The molecule has 0 atom stereocenters. The van der Waals surface area contributed by atoms with Gasteiger partial charge in [0.2, 0.25) is 0 Å². The molecule has 1 aromatic heterocycles. The van der Waals surface area contributed by atoms with Crippen LogP contribution in [0.4, 0.5) is 5.69 Å². The highest BCUT2D eigenvalue weighted by atomic mass is 35.5. The smallest absolute Gasteiger partial charge is 0.254 e. The maximum atomic E-state index is 12.6. The predicted octanol–water partition coefficient (Wildman–Crippen LogP) is 3.95.